The second-order valence-electron chi connectivity index (χ2n) is 3.94. The molecule has 0 fully saturated rings. The molecule has 0 aliphatic heterocycles. The van der Waals surface area contributed by atoms with E-state index in [1.165, 1.54) is 0 Å². The number of fused-ring (bicyclic) bond motifs is 1. The smallest absolute Gasteiger partial charge is 0.138 e. The Morgan fingerprint density at radius 2 is 1.78 bits per heavy atom. The monoisotopic (exact) mass is 241 g/mol. The van der Waals surface area contributed by atoms with Crippen LogP contribution in [0.5, 0.6) is 0 Å². The molecule has 5 nitrogen and oxygen atoms in total. The molecule has 1 aromatic heterocycles. The molecule has 0 saturated carbocycles. The van der Waals surface area contributed by atoms with Crippen LogP contribution in [0.25, 0.3) is 22.4 Å². The lowest BCUT2D eigenvalue weighted by Crippen LogP contribution is -2.10. The molecular formula is C13H11N3O2. The highest BCUT2D eigenvalue weighted by Crippen LogP contribution is 2.23. The zero-order chi connectivity index (χ0) is 12.5. The van der Waals surface area contributed by atoms with E-state index in [0.717, 1.165) is 22.4 Å². The average Bonchev–Trinajstić information content (AvgIpc) is 2.82. The summed E-state index contributed by atoms with van der Waals surface area (Å²) in [4.78, 5) is 7.59. The molecular weight excluding hydrogens is 230 g/mol. The van der Waals surface area contributed by atoms with E-state index < -0.39 is 0 Å². The third kappa shape index (κ3) is 1.81. The molecule has 0 amide bonds. The van der Waals surface area contributed by atoms with E-state index in [4.69, 9.17) is 10.4 Å². The lowest BCUT2D eigenvalue weighted by atomic mass is 10.2. The highest BCUT2D eigenvalue weighted by Gasteiger charge is 2.07. The number of benzene rings is 2. The molecule has 0 aliphatic rings. The molecule has 3 rings (SSSR count). The third-order valence-electron chi connectivity index (χ3n) is 2.74. The number of hydrogen-bond acceptors (Lipinski definition) is 4. The first-order chi connectivity index (χ1) is 8.74. The minimum absolute atomic E-state index is 0.0858. The summed E-state index contributed by atoms with van der Waals surface area (Å²) in [6.45, 7) is 0. The molecule has 5 heteroatoms. The number of rotatable bonds is 2. The molecule has 90 valence electrons. The Hall–Kier alpha value is -2.37. The van der Waals surface area contributed by atoms with E-state index in [9.17, 15) is 0 Å². The normalized spacial score (nSPS) is 10.8. The summed E-state index contributed by atoms with van der Waals surface area (Å²) in [5.41, 5.74) is 2.80. The van der Waals surface area contributed by atoms with Gasteiger partial charge >= 0.3 is 0 Å². The van der Waals surface area contributed by atoms with Crippen LogP contribution in [0.15, 0.2) is 48.5 Å². The molecule has 1 heterocycles. The van der Waals surface area contributed by atoms with Crippen LogP contribution in [0.4, 0.5) is 5.69 Å². The van der Waals surface area contributed by atoms with Gasteiger partial charge in [0, 0.05) is 5.56 Å². The molecule has 0 saturated heterocycles. The van der Waals surface area contributed by atoms with Gasteiger partial charge in [0.2, 0.25) is 0 Å². The van der Waals surface area contributed by atoms with Crippen LogP contribution in [0.1, 0.15) is 0 Å². The van der Waals surface area contributed by atoms with Gasteiger partial charge < -0.3 is 4.98 Å². The van der Waals surface area contributed by atoms with E-state index in [0.29, 0.717) is 0 Å². The lowest BCUT2D eigenvalue weighted by Gasteiger charge is -2.06. The molecule has 3 N–H and O–H groups in total. The fraction of sp³-hybridized carbons (Fsp3) is 0. The lowest BCUT2D eigenvalue weighted by molar-refractivity contribution is 0.0292. The Balaban J connectivity index is 2.11. The van der Waals surface area contributed by atoms with Crippen molar-refractivity contribution in [3.8, 4) is 11.4 Å². The Morgan fingerprint density at radius 1 is 1.00 bits per heavy atom. The molecule has 18 heavy (non-hydrogen) atoms. The van der Waals surface area contributed by atoms with Crippen LogP contribution in [0.2, 0.25) is 0 Å². The maximum absolute atomic E-state index is 8.96. The van der Waals surface area contributed by atoms with Crippen LogP contribution in [0.3, 0.4) is 0 Å². The van der Waals surface area contributed by atoms with Crippen LogP contribution >= 0.6 is 0 Å². The van der Waals surface area contributed by atoms with Crippen molar-refractivity contribution in [1.29, 1.82) is 0 Å². The summed E-state index contributed by atoms with van der Waals surface area (Å²) in [7, 11) is 0. The van der Waals surface area contributed by atoms with Gasteiger partial charge in [-0.1, -0.05) is 30.3 Å². The van der Waals surface area contributed by atoms with Crippen LogP contribution in [0, 0.1) is 0 Å². The maximum atomic E-state index is 8.96. The molecule has 0 radical (unpaired) electrons. The first kappa shape index (κ1) is 10.8. The summed E-state index contributed by atoms with van der Waals surface area (Å²) in [5, 5.41) is 18.0. The van der Waals surface area contributed by atoms with Gasteiger partial charge in [0.25, 0.3) is 0 Å². The zero-order valence-corrected chi connectivity index (χ0v) is 9.41. The van der Waals surface area contributed by atoms with Crippen molar-refractivity contribution in [3.63, 3.8) is 0 Å². The number of H-pyrrole nitrogens is 1. The summed E-state index contributed by atoms with van der Waals surface area (Å²) in [6.07, 6.45) is 0. The standard InChI is InChI=1S/C13H11N3O2/c17-16(18)10-6-7-11-12(8-10)15-13(14-11)9-4-2-1-3-5-9/h1-8,17-18H,(H,14,15). The topological polar surface area (TPSA) is 72.4 Å². The summed E-state index contributed by atoms with van der Waals surface area (Å²) < 4.78 is 0. The van der Waals surface area contributed by atoms with Gasteiger partial charge in [0.15, 0.2) is 0 Å². The number of aromatic nitrogens is 2. The van der Waals surface area contributed by atoms with E-state index in [2.05, 4.69) is 9.97 Å². The Kier molecular flexibility index (Phi) is 2.47. The number of nitrogens with zero attached hydrogens (tertiary/aromatic N) is 2. The Bertz CT molecular complexity index is 677. The SMILES string of the molecule is ON(O)c1ccc2nc(-c3ccccc3)[nH]c2c1. The molecule has 0 bridgehead atoms. The van der Waals surface area contributed by atoms with Crippen LogP contribution in [-0.2, 0) is 0 Å². The summed E-state index contributed by atoms with van der Waals surface area (Å²) >= 11 is 0. The summed E-state index contributed by atoms with van der Waals surface area (Å²) in [6, 6.07) is 14.7. The largest absolute Gasteiger partial charge is 0.338 e. The van der Waals surface area contributed by atoms with Crippen molar-refractivity contribution in [2.45, 2.75) is 0 Å². The van der Waals surface area contributed by atoms with Gasteiger partial charge in [-0.05, 0) is 18.2 Å². The van der Waals surface area contributed by atoms with Crippen molar-refractivity contribution in [2.75, 3.05) is 5.23 Å². The van der Waals surface area contributed by atoms with Gasteiger partial charge in [-0.25, -0.2) is 4.98 Å². The predicted octanol–water partition coefficient (Wildman–Crippen LogP) is 2.81. The highest BCUT2D eigenvalue weighted by molar-refractivity contribution is 5.82. The van der Waals surface area contributed by atoms with Crippen molar-refractivity contribution in [2.24, 2.45) is 0 Å². The van der Waals surface area contributed by atoms with Crippen molar-refractivity contribution >= 4 is 16.7 Å². The van der Waals surface area contributed by atoms with E-state index in [1.807, 2.05) is 30.3 Å². The second-order valence-corrected chi connectivity index (χ2v) is 3.94. The van der Waals surface area contributed by atoms with E-state index >= 15 is 0 Å². The molecule has 3 aromatic rings. The quantitative estimate of drug-likeness (QED) is 0.603. The highest BCUT2D eigenvalue weighted by atomic mass is 16.8. The van der Waals surface area contributed by atoms with Gasteiger partial charge in [0.05, 0.1) is 16.7 Å². The van der Waals surface area contributed by atoms with E-state index in [-0.39, 0.29) is 10.9 Å². The third-order valence-corrected chi connectivity index (χ3v) is 2.74. The maximum Gasteiger partial charge on any atom is 0.138 e. The Labute approximate surface area is 103 Å². The van der Waals surface area contributed by atoms with Gasteiger partial charge in [-0.3, -0.25) is 10.4 Å². The number of anilines is 1. The van der Waals surface area contributed by atoms with Gasteiger partial charge in [0.1, 0.15) is 5.82 Å². The molecule has 0 atom stereocenters. The first-order valence-corrected chi connectivity index (χ1v) is 5.47. The summed E-state index contributed by atoms with van der Waals surface area (Å²) in [5.74, 6) is 0.755. The molecule has 0 unspecified atom stereocenters. The van der Waals surface area contributed by atoms with Gasteiger partial charge in [-0.15, -0.1) is 5.23 Å². The minimum atomic E-state index is 0.0858. The number of hydrogen-bond donors (Lipinski definition) is 3. The van der Waals surface area contributed by atoms with E-state index in [1.54, 1.807) is 18.2 Å². The number of nitrogens with one attached hydrogen (secondary N) is 1. The molecule has 0 aliphatic carbocycles. The second kappa shape index (κ2) is 4.14. The fourth-order valence-corrected chi connectivity index (χ4v) is 1.85. The first-order valence-electron chi connectivity index (χ1n) is 5.47. The van der Waals surface area contributed by atoms with Crippen molar-refractivity contribution in [3.05, 3.63) is 48.5 Å². The van der Waals surface area contributed by atoms with Crippen molar-refractivity contribution in [1.82, 2.24) is 9.97 Å². The molecule has 2 aromatic carbocycles. The van der Waals surface area contributed by atoms with Gasteiger partial charge in [-0.2, -0.15) is 0 Å². The number of imidazole rings is 1. The molecule has 0 spiro atoms. The predicted molar refractivity (Wildman–Crippen MR) is 67.6 cm³/mol. The zero-order valence-electron chi connectivity index (χ0n) is 9.41. The minimum Gasteiger partial charge on any atom is -0.338 e. The van der Waals surface area contributed by atoms with Crippen molar-refractivity contribution < 1.29 is 10.4 Å². The fourth-order valence-electron chi connectivity index (χ4n) is 1.85. The average molecular weight is 241 g/mol. The van der Waals surface area contributed by atoms with Crippen LogP contribution < -0.4 is 5.23 Å². The number of aromatic amines is 1. The Morgan fingerprint density at radius 3 is 2.50 bits per heavy atom. The van der Waals surface area contributed by atoms with Crippen LogP contribution in [-0.4, -0.2) is 20.4 Å².